The van der Waals surface area contributed by atoms with E-state index in [4.69, 9.17) is 4.74 Å². The predicted octanol–water partition coefficient (Wildman–Crippen LogP) is 17.7. The molecule has 0 spiro atoms. The summed E-state index contributed by atoms with van der Waals surface area (Å²) in [5, 5.41) is 23.2. The number of allylic oxidation sites excluding steroid dienone is 2. The molecule has 0 aliphatic carbocycles. The summed E-state index contributed by atoms with van der Waals surface area (Å²) >= 11 is 0. The number of nitrogens with one attached hydrogen (secondary N) is 1. The lowest BCUT2D eigenvalue weighted by Gasteiger charge is -2.22. The zero-order valence-corrected chi connectivity index (χ0v) is 43.3. The topological polar surface area (TPSA) is 95.9 Å². The van der Waals surface area contributed by atoms with E-state index in [-0.39, 0.29) is 18.5 Å². The van der Waals surface area contributed by atoms with Gasteiger partial charge in [-0.05, 0) is 51.4 Å². The molecule has 1 amide bonds. The van der Waals surface area contributed by atoms with Gasteiger partial charge >= 0.3 is 5.97 Å². The zero-order chi connectivity index (χ0) is 46.5. The minimum Gasteiger partial charge on any atom is -0.466 e. The van der Waals surface area contributed by atoms with Crippen molar-refractivity contribution in [2.75, 3.05) is 13.2 Å². The number of aliphatic hydroxyl groups is 2. The standard InChI is InChI=1S/C58H113NO5/c1-3-5-7-9-11-13-15-17-19-24-28-32-36-40-44-48-52-58(63)64-53-49-45-41-37-33-29-25-21-20-23-27-31-35-39-43-47-51-57(62)59-55(54-60)56(61)50-46-42-38-34-30-26-22-18-16-14-12-10-8-6-4-2/h20,23,55-56,60-61H,3-19,21-22,24-54H2,1-2H3,(H,59,62)/b23-20-. The second-order valence-corrected chi connectivity index (χ2v) is 20.0. The van der Waals surface area contributed by atoms with Crippen molar-refractivity contribution in [3.05, 3.63) is 12.2 Å². The molecule has 0 aromatic rings. The molecule has 0 aliphatic rings. The van der Waals surface area contributed by atoms with Gasteiger partial charge in [-0.25, -0.2) is 0 Å². The van der Waals surface area contributed by atoms with Crippen LogP contribution in [0.5, 0.6) is 0 Å². The van der Waals surface area contributed by atoms with Gasteiger partial charge in [0.05, 0.1) is 25.4 Å². The summed E-state index contributed by atoms with van der Waals surface area (Å²) in [6.07, 6.45) is 63.4. The Morgan fingerprint density at radius 1 is 0.422 bits per heavy atom. The lowest BCUT2D eigenvalue weighted by molar-refractivity contribution is -0.143. The molecule has 0 saturated carbocycles. The van der Waals surface area contributed by atoms with Gasteiger partial charge < -0.3 is 20.3 Å². The van der Waals surface area contributed by atoms with Crippen LogP contribution in [0.25, 0.3) is 0 Å². The SMILES string of the molecule is CCCCCCCCCCCCCCCCCCC(=O)OCCCCCCCCC/C=C\CCCCCCCC(=O)NC(CO)C(O)CCCCCCCCCCCCCCCCC. The molecule has 6 nitrogen and oxygen atoms in total. The number of carbonyl (C=O) groups excluding carboxylic acids is 2. The van der Waals surface area contributed by atoms with Crippen LogP contribution in [-0.4, -0.2) is 47.4 Å². The Labute approximate surface area is 399 Å². The van der Waals surface area contributed by atoms with Gasteiger partial charge in [0.25, 0.3) is 0 Å². The van der Waals surface area contributed by atoms with Crippen LogP contribution in [0.3, 0.4) is 0 Å². The van der Waals surface area contributed by atoms with Crippen molar-refractivity contribution >= 4 is 11.9 Å². The fourth-order valence-corrected chi connectivity index (χ4v) is 9.11. The third kappa shape index (κ3) is 50.0. The zero-order valence-electron chi connectivity index (χ0n) is 43.3. The fourth-order valence-electron chi connectivity index (χ4n) is 9.11. The first-order valence-corrected chi connectivity index (χ1v) is 28.9. The average Bonchev–Trinajstić information content (AvgIpc) is 3.29. The minimum absolute atomic E-state index is 0.00120. The molecule has 6 heteroatoms. The summed E-state index contributed by atoms with van der Waals surface area (Å²) in [5.41, 5.74) is 0. The highest BCUT2D eigenvalue weighted by Crippen LogP contribution is 2.17. The summed E-state index contributed by atoms with van der Waals surface area (Å²) in [5.74, 6) is -0.0488. The van der Waals surface area contributed by atoms with E-state index in [9.17, 15) is 19.8 Å². The molecule has 0 aliphatic heterocycles. The van der Waals surface area contributed by atoms with Crippen LogP contribution in [0.1, 0.15) is 322 Å². The number of carbonyl (C=O) groups is 2. The van der Waals surface area contributed by atoms with Crippen LogP contribution >= 0.6 is 0 Å². The van der Waals surface area contributed by atoms with Crippen molar-refractivity contribution in [3.63, 3.8) is 0 Å². The molecule has 0 radical (unpaired) electrons. The monoisotopic (exact) mass is 904 g/mol. The quantitative estimate of drug-likeness (QED) is 0.0321. The maximum atomic E-state index is 12.5. The van der Waals surface area contributed by atoms with Gasteiger partial charge in [0.1, 0.15) is 0 Å². The van der Waals surface area contributed by atoms with Crippen molar-refractivity contribution in [1.82, 2.24) is 5.32 Å². The Kier molecular flexibility index (Phi) is 53.0. The summed E-state index contributed by atoms with van der Waals surface area (Å²) in [6.45, 7) is 4.95. The number of ether oxygens (including phenoxy) is 1. The van der Waals surface area contributed by atoms with E-state index in [1.54, 1.807) is 0 Å². The number of aliphatic hydroxyl groups excluding tert-OH is 2. The molecule has 2 unspecified atom stereocenters. The highest BCUT2D eigenvalue weighted by atomic mass is 16.5. The Bertz CT molecular complexity index is 955. The summed E-state index contributed by atoms with van der Waals surface area (Å²) in [4.78, 5) is 24.5. The highest BCUT2D eigenvalue weighted by Gasteiger charge is 2.20. The summed E-state index contributed by atoms with van der Waals surface area (Å²) in [6, 6.07) is -0.552. The van der Waals surface area contributed by atoms with Crippen molar-refractivity contribution < 1.29 is 24.5 Å². The van der Waals surface area contributed by atoms with Crippen LogP contribution in [0.4, 0.5) is 0 Å². The number of esters is 1. The van der Waals surface area contributed by atoms with Crippen LogP contribution in [0.2, 0.25) is 0 Å². The van der Waals surface area contributed by atoms with Crippen molar-refractivity contribution in [1.29, 1.82) is 0 Å². The Balaban J connectivity index is 3.44. The van der Waals surface area contributed by atoms with E-state index in [0.29, 0.717) is 25.9 Å². The molecular formula is C58H113NO5. The Morgan fingerprint density at radius 3 is 1.11 bits per heavy atom. The van der Waals surface area contributed by atoms with E-state index in [1.165, 1.54) is 225 Å². The van der Waals surface area contributed by atoms with Gasteiger partial charge in [0.15, 0.2) is 0 Å². The van der Waals surface area contributed by atoms with E-state index >= 15 is 0 Å². The van der Waals surface area contributed by atoms with Gasteiger partial charge in [-0.1, -0.05) is 270 Å². The largest absolute Gasteiger partial charge is 0.466 e. The summed E-state index contributed by atoms with van der Waals surface area (Å²) in [7, 11) is 0. The Hall–Kier alpha value is -1.40. The predicted molar refractivity (Wildman–Crippen MR) is 278 cm³/mol. The van der Waals surface area contributed by atoms with Gasteiger partial charge in [-0.2, -0.15) is 0 Å². The molecule has 64 heavy (non-hydrogen) atoms. The molecule has 2 atom stereocenters. The third-order valence-corrected chi connectivity index (χ3v) is 13.6. The molecule has 0 aromatic heterocycles. The second-order valence-electron chi connectivity index (χ2n) is 20.0. The third-order valence-electron chi connectivity index (χ3n) is 13.6. The highest BCUT2D eigenvalue weighted by molar-refractivity contribution is 5.76. The molecule has 0 rings (SSSR count). The first-order chi connectivity index (χ1) is 31.5. The lowest BCUT2D eigenvalue weighted by Crippen LogP contribution is -2.45. The Morgan fingerprint density at radius 2 is 0.734 bits per heavy atom. The number of hydrogen-bond donors (Lipinski definition) is 3. The average molecular weight is 905 g/mol. The van der Waals surface area contributed by atoms with Crippen molar-refractivity contribution in [3.8, 4) is 0 Å². The molecule has 380 valence electrons. The first kappa shape index (κ1) is 62.6. The number of rotatable bonds is 54. The van der Waals surface area contributed by atoms with E-state index in [0.717, 1.165) is 64.2 Å². The van der Waals surface area contributed by atoms with Gasteiger partial charge in [-0.15, -0.1) is 0 Å². The van der Waals surface area contributed by atoms with Gasteiger partial charge in [0.2, 0.25) is 5.91 Å². The number of unbranched alkanes of at least 4 members (excludes halogenated alkanes) is 41. The molecule has 0 aromatic carbocycles. The molecule has 3 N–H and O–H groups in total. The van der Waals surface area contributed by atoms with Crippen LogP contribution in [-0.2, 0) is 14.3 Å². The van der Waals surface area contributed by atoms with E-state index in [2.05, 4.69) is 31.3 Å². The lowest BCUT2D eigenvalue weighted by atomic mass is 10.0. The van der Waals surface area contributed by atoms with Crippen molar-refractivity contribution in [2.45, 2.75) is 334 Å². The van der Waals surface area contributed by atoms with Gasteiger partial charge in [-0.3, -0.25) is 9.59 Å². The minimum atomic E-state index is -0.673. The second kappa shape index (κ2) is 54.2. The van der Waals surface area contributed by atoms with E-state index in [1.807, 2.05) is 0 Å². The summed E-state index contributed by atoms with van der Waals surface area (Å²) < 4.78 is 5.48. The number of amides is 1. The van der Waals surface area contributed by atoms with Crippen LogP contribution in [0, 0.1) is 0 Å². The van der Waals surface area contributed by atoms with E-state index < -0.39 is 12.1 Å². The fraction of sp³-hybridized carbons (Fsp3) is 0.931. The smallest absolute Gasteiger partial charge is 0.305 e. The van der Waals surface area contributed by atoms with Crippen LogP contribution in [0.15, 0.2) is 12.2 Å². The van der Waals surface area contributed by atoms with Gasteiger partial charge in [0, 0.05) is 12.8 Å². The maximum absolute atomic E-state index is 12.5. The maximum Gasteiger partial charge on any atom is 0.305 e. The molecule has 0 fully saturated rings. The normalized spacial score (nSPS) is 12.6. The molecule has 0 saturated heterocycles. The van der Waals surface area contributed by atoms with Crippen LogP contribution < -0.4 is 5.32 Å². The van der Waals surface area contributed by atoms with Crippen molar-refractivity contribution in [2.24, 2.45) is 0 Å². The molecular weight excluding hydrogens is 791 g/mol. The number of hydrogen-bond acceptors (Lipinski definition) is 5. The first-order valence-electron chi connectivity index (χ1n) is 28.9. The molecule has 0 bridgehead atoms. The molecule has 0 heterocycles.